The van der Waals surface area contributed by atoms with E-state index in [-0.39, 0.29) is 32.2 Å². The first-order chi connectivity index (χ1) is 36.2. The summed E-state index contributed by atoms with van der Waals surface area (Å²) in [7, 11) is 0. The second-order valence-corrected chi connectivity index (χ2v) is 18.9. The van der Waals surface area contributed by atoms with Gasteiger partial charge in [0.1, 0.15) is 48.3 Å². The van der Waals surface area contributed by atoms with E-state index in [0.29, 0.717) is 30.7 Å². The van der Waals surface area contributed by atoms with Crippen LogP contribution in [-0.2, 0) is 70.4 Å². The Bertz CT molecular complexity index is 2330. The van der Waals surface area contributed by atoms with Gasteiger partial charge in [-0.05, 0) is 43.6 Å². The van der Waals surface area contributed by atoms with Gasteiger partial charge in [0.2, 0.25) is 47.3 Å². The molecule has 0 saturated carbocycles. The maximum Gasteiger partial charge on any atom is 0.326 e. The third-order valence-corrected chi connectivity index (χ3v) is 12.4. The molecule has 2 heterocycles. The standard InChI is InChI=1S/C47H74N14O16/c1-7-23(5)37(46(75)61-38(24(6)8-2)45(74)59-36(22(3)4)44(73)58-32(47(76)77)17-35(66)67)60-43(72)29(14-26-19-51-21-53-26)56-40(69)28(11-9-10-12-48)54-41(70)31(16-34(64)65)57-42(71)30(15-33(62)63)55-39(68)27(49)13-25-18-50-20-52-25/h18-24,27-32,36-38H,7-17,48-49H2,1-6H3,(H,50,52)(H,51,53)(H,54,70)(H,55,68)(H,56,69)(H,57,71)(H,58,73)(H,59,74)(H,60,72)(H,61,75)(H,62,63)(H,64,65)(H,66,67)(H,76,77)/t23-,24-,27-,28-,29-,30-,31-,32-,36-,37-,38-/m0/s1. The van der Waals surface area contributed by atoms with Gasteiger partial charge in [0.15, 0.2) is 0 Å². The number of H-pyrrole nitrogens is 2. The fourth-order valence-corrected chi connectivity index (χ4v) is 7.49. The number of aromatic nitrogens is 4. The normalized spacial score (nSPS) is 15.4. The lowest BCUT2D eigenvalue weighted by atomic mass is 9.93. The molecule has 0 radical (unpaired) electrons. The first-order valence-corrected chi connectivity index (χ1v) is 24.9. The van der Waals surface area contributed by atoms with Crippen LogP contribution in [0, 0.1) is 17.8 Å². The molecule has 0 bridgehead atoms. The zero-order valence-electron chi connectivity index (χ0n) is 43.8. The van der Waals surface area contributed by atoms with Crippen LogP contribution in [0.4, 0.5) is 0 Å². The minimum Gasteiger partial charge on any atom is -0.481 e. The molecule has 2 aromatic rings. The van der Waals surface area contributed by atoms with Crippen LogP contribution in [0.1, 0.15) is 104 Å². The number of hydrogen-bond donors (Lipinski definition) is 16. The predicted molar refractivity (Wildman–Crippen MR) is 269 cm³/mol. The smallest absolute Gasteiger partial charge is 0.326 e. The SMILES string of the molecule is CC[C@H](C)[C@H](NC(=O)[C@H](Cc1cnc[nH]1)NC(=O)[C@H](CCCCN)NC(=O)[C@H](CC(=O)O)NC(=O)[C@H](CC(=O)O)NC(=O)[C@@H](N)Cc1cnc[nH]1)C(=O)N[C@H](C(=O)N[C@H](C(=O)N[C@@H](CC(=O)O)C(=O)O)C(C)C)[C@@H](C)CC. The Morgan fingerprint density at radius 1 is 0.494 bits per heavy atom. The highest BCUT2D eigenvalue weighted by atomic mass is 16.4. The van der Waals surface area contributed by atoms with E-state index in [4.69, 9.17) is 16.6 Å². The first-order valence-electron chi connectivity index (χ1n) is 24.9. The molecular formula is C47H74N14O16. The summed E-state index contributed by atoms with van der Waals surface area (Å²) in [4.78, 5) is 171. The summed E-state index contributed by atoms with van der Waals surface area (Å²) in [5.41, 5.74) is 12.4. The number of carbonyl (C=O) groups excluding carboxylic acids is 8. The molecule has 30 nitrogen and oxygen atoms in total. The van der Waals surface area contributed by atoms with Crippen molar-refractivity contribution in [2.75, 3.05) is 6.54 Å². The van der Waals surface area contributed by atoms with Crippen LogP contribution in [0.25, 0.3) is 0 Å². The highest BCUT2D eigenvalue weighted by molar-refractivity contribution is 5.99. The maximum absolute atomic E-state index is 14.4. The van der Waals surface area contributed by atoms with Crippen LogP contribution < -0.4 is 54.0 Å². The number of carboxylic acids is 4. The van der Waals surface area contributed by atoms with Gasteiger partial charge in [0, 0.05) is 36.6 Å². The van der Waals surface area contributed by atoms with E-state index < -0.39 is 163 Å². The summed E-state index contributed by atoms with van der Waals surface area (Å²) >= 11 is 0. The largest absolute Gasteiger partial charge is 0.481 e. The molecule has 0 aliphatic carbocycles. The molecule has 0 spiro atoms. The number of nitrogens with one attached hydrogen (secondary N) is 10. The van der Waals surface area contributed by atoms with E-state index in [0.717, 1.165) is 0 Å². The topological polar surface area (TPSA) is 491 Å². The van der Waals surface area contributed by atoms with Gasteiger partial charge in [-0.15, -0.1) is 0 Å². The Kier molecular flexibility index (Phi) is 27.4. The molecule has 0 unspecified atom stereocenters. The van der Waals surface area contributed by atoms with Crippen molar-refractivity contribution < 1.29 is 78.0 Å². The number of nitrogens with zero attached hydrogens (tertiary/aromatic N) is 2. The molecule has 30 heteroatoms. The molecule has 0 saturated heterocycles. The Morgan fingerprint density at radius 2 is 0.870 bits per heavy atom. The van der Waals surface area contributed by atoms with Gasteiger partial charge >= 0.3 is 23.9 Å². The van der Waals surface area contributed by atoms with Gasteiger partial charge in [-0.3, -0.25) is 52.7 Å². The zero-order valence-corrected chi connectivity index (χ0v) is 43.8. The number of aliphatic carboxylic acids is 4. The number of aromatic amines is 2. The molecule has 0 aromatic carbocycles. The van der Waals surface area contributed by atoms with Crippen LogP contribution in [0.5, 0.6) is 0 Å². The van der Waals surface area contributed by atoms with Crippen molar-refractivity contribution in [3.8, 4) is 0 Å². The average molecular weight is 1090 g/mol. The second-order valence-electron chi connectivity index (χ2n) is 18.9. The van der Waals surface area contributed by atoms with Gasteiger partial charge in [-0.2, -0.15) is 0 Å². The van der Waals surface area contributed by atoms with E-state index in [1.165, 1.54) is 25.0 Å². The van der Waals surface area contributed by atoms with Crippen molar-refractivity contribution in [2.45, 2.75) is 160 Å². The van der Waals surface area contributed by atoms with Crippen LogP contribution in [-0.4, -0.2) is 172 Å². The zero-order chi connectivity index (χ0) is 58.1. The van der Waals surface area contributed by atoms with E-state index in [1.807, 2.05) is 0 Å². The molecule has 0 fully saturated rings. The van der Waals surface area contributed by atoms with E-state index in [2.05, 4.69) is 62.5 Å². The van der Waals surface area contributed by atoms with Crippen molar-refractivity contribution in [1.82, 2.24) is 62.5 Å². The summed E-state index contributed by atoms with van der Waals surface area (Å²) in [6, 6.07) is -14.1. The van der Waals surface area contributed by atoms with Gasteiger partial charge in [0.05, 0.1) is 38.0 Å². The average Bonchev–Trinajstić information content (AvgIpc) is 4.09. The van der Waals surface area contributed by atoms with Gasteiger partial charge < -0.3 is 84.4 Å². The summed E-state index contributed by atoms with van der Waals surface area (Å²) in [6.45, 7) is 9.95. The summed E-state index contributed by atoms with van der Waals surface area (Å²) in [5, 5.41) is 57.3. The van der Waals surface area contributed by atoms with Crippen LogP contribution in [0.2, 0.25) is 0 Å². The third kappa shape index (κ3) is 22.4. The fourth-order valence-electron chi connectivity index (χ4n) is 7.49. The van der Waals surface area contributed by atoms with Crippen molar-refractivity contribution in [3.63, 3.8) is 0 Å². The highest BCUT2D eigenvalue weighted by Crippen LogP contribution is 2.15. The molecule has 0 aliphatic heterocycles. The minimum atomic E-state index is -1.96. The minimum absolute atomic E-state index is 0.0901. The number of nitrogens with two attached hydrogens (primary N) is 2. The molecule has 77 heavy (non-hydrogen) atoms. The van der Waals surface area contributed by atoms with Crippen molar-refractivity contribution >= 4 is 71.1 Å². The number of amides is 8. The van der Waals surface area contributed by atoms with Crippen molar-refractivity contribution in [3.05, 3.63) is 36.4 Å². The Balaban J connectivity index is 2.45. The molecule has 8 amide bonds. The van der Waals surface area contributed by atoms with Gasteiger partial charge in [0.25, 0.3) is 0 Å². The van der Waals surface area contributed by atoms with Crippen molar-refractivity contribution in [2.24, 2.45) is 29.2 Å². The molecule has 0 aliphatic rings. The van der Waals surface area contributed by atoms with Crippen LogP contribution in [0.3, 0.4) is 0 Å². The molecular weight excluding hydrogens is 1020 g/mol. The Hall–Kier alpha value is -8.02. The quantitative estimate of drug-likeness (QED) is 0.0295. The van der Waals surface area contributed by atoms with Gasteiger partial charge in [-0.1, -0.05) is 54.4 Å². The molecule has 18 N–H and O–H groups in total. The Labute approximate surface area is 443 Å². The lowest BCUT2D eigenvalue weighted by molar-refractivity contribution is -0.147. The summed E-state index contributed by atoms with van der Waals surface area (Å²) < 4.78 is 0. The van der Waals surface area contributed by atoms with Crippen molar-refractivity contribution in [1.29, 1.82) is 0 Å². The number of imidazole rings is 2. The maximum atomic E-state index is 14.4. The third-order valence-electron chi connectivity index (χ3n) is 12.4. The number of hydrogen-bond acceptors (Lipinski definition) is 16. The van der Waals surface area contributed by atoms with E-state index in [9.17, 15) is 72.9 Å². The monoisotopic (exact) mass is 1090 g/mol. The van der Waals surface area contributed by atoms with Crippen LogP contribution in [0.15, 0.2) is 25.0 Å². The van der Waals surface area contributed by atoms with E-state index in [1.54, 1.807) is 41.5 Å². The highest BCUT2D eigenvalue weighted by Gasteiger charge is 2.38. The molecule has 428 valence electrons. The molecule has 2 rings (SSSR count). The van der Waals surface area contributed by atoms with E-state index >= 15 is 0 Å². The van der Waals surface area contributed by atoms with Gasteiger partial charge in [-0.25, -0.2) is 14.8 Å². The summed E-state index contributed by atoms with van der Waals surface area (Å²) in [6.07, 6.45) is 2.95. The lowest BCUT2D eigenvalue weighted by Crippen LogP contribution is -2.62. The van der Waals surface area contributed by atoms with Crippen LogP contribution >= 0.6 is 0 Å². The number of carboxylic acid groups (broad SMARTS) is 4. The summed E-state index contributed by atoms with van der Waals surface area (Å²) in [5.74, 6) is -16.2. The number of unbranched alkanes of at least 4 members (excludes halogenated alkanes) is 1. The molecule has 2 aromatic heterocycles. The Morgan fingerprint density at radius 3 is 1.30 bits per heavy atom. The fraction of sp³-hybridized carbons (Fsp3) is 0.617. The molecule has 11 atom stereocenters. The first kappa shape index (κ1) is 65.1. The number of carbonyl (C=O) groups is 12. The number of rotatable bonds is 36. The lowest BCUT2D eigenvalue weighted by Gasteiger charge is -2.31. The predicted octanol–water partition coefficient (Wildman–Crippen LogP) is -3.49. The second kappa shape index (κ2) is 32.4.